The fourth-order valence-corrected chi connectivity index (χ4v) is 3.60. The lowest BCUT2D eigenvalue weighted by molar-refractivity contribution is 0.0665. The average molecular weight is 475 g/mol. The van der Waals surface area contributed by atoms with E-state index < -0.39 is 0 Å². The van der Waals surface area contributed by atoms with Crippen molar-refractivity contribution in [2.75, 3.05) is 38.5 Å². The molecule has 1 heterocycles. The Morgan fingerprint density at radius 3 is 2.45 bits per heavy atom. The summed E-state index contributed by atoms with van der Waals surface area (Å²) in [6, 6.07) is 12.5. The van der Waals surface area contributed by atoms with Crippen LogP contribution in [0.15, 0.2) is 46.9 Å². The third-order valence-electron chi connectivity index (χ3n) is 4.86. The second-order valence-corrected chi connectivity index (χ2v) is 8.28. The van der Waals surface area contributed by atoms with Crippen LogP contribution in [0.25, 0.3) is 0 Å². The Morgan fingerprint density at radius 2 is 1.76 bits per heavy atom. The Bertz CT molecular complexity index is 942. The van der Waals surface area contributed by atoms with Gasteiger partial charge in [-0.1, -0.05) is 34.1 Å². The highest BCUT2D eigenvalue weighted by molar-refractivity contribution is 9.10. The van der Waals surface area contributed by atoms with Crippen molar-refractivity contribution in [3.8, 4) is 0 Å². The Kier molecular flexibility index (Phi) is 7.00. The number of carbonyl (C=O) groups is 2. The SMILES string of the molecule is Cc1ccc(C(=O)NC(=S)Nc2ccccc2C(=O)N2CCN(C)CC2)cc1Br. The Hall–Kier alpha value is -2.29. The van der Waals surface area contributed by atoms with E-state index in [4.69, 9.17) is 12.2 Å². The minimum absolute atomic E-state index is 0.0437. The molecule has 1 fully saturated rings. The van der Waals surface area contributed by atoms with Crippen LogP contribution in [0, 0.1) is 6.92 Å². The maximum Gasteiger partial charge on any atom is 0.257 e. The van der Waals surface area contributed by atoms with Gasteiger partial charge in [0.2, 0.25) is 0 Å². The van der Waals surface area contributed by atoms with Crippen molar-refractivity contribution >= 4 is 50.8 Å². The van der Waals surface area contributed by atoms with Gasteiger partial charge >= 0.3 is 0 Å². The number of piperazine rings is 1. The summed E-state index contributed by atoms with van der Waals surface area (Å²) in [4.78, 5) is 29.5. The van der Waals surface area contributed by atoms with Crippen LogP contribution in [0.2, 0.25) is 0 Å². The van der Waals surface area contributed by atoms with E-state index in [1.807, 2.05) is 37.1 Å². The number of carbonyl (C=O) groups excluding carboxylic acids is 2. The van der Waals surface area contributed by atoms with Gasteiger partial charge in [-0.2, -0.15) is 0 Å². The van der Waals surface area contributed by atoms with Crippen molar-refractivity contribution < 1.29 is 9.59 Å². The minimum atomic E-state index is -0.314. The van der Waals surface area contributed by atoms with E-state index in [1.165, 1.54) is 0 Å². The van der Waals surface area contributed by atoms with Gasteiger partial charge in [-0.25, -0.2) is 0 Å². The number of hydrogen-bond donors (Lipinski definition) is 2. The van der Waals surface area contributed by atoms with Gasteiger partial charge in [-0.3, -0.25) is 14.9 Å². The lowest BCUT2D eigenvalue weighted by Crippen LogP contribution is -2.47. The third-order valence-corrected chi connectivity index (χ3v) is 5.92. The molecule has 152 valence electrons. The molecule has 3 rings (SSSR count). The number of likely N-dealkylation sites (N-methyl/N-ethyl adjacent to an activating group) is 1. The van der Waals surface area contributed by atoms with Crippen molar-refractivity contribution in [3.05, 3.63) is 63.6 Å². The number of anilines is 1. The summed E-state index contributed by atoms with van der Waals surface area (Å²) < 4.78 is 0.854. The van der Waals surface area contributed by atoms with Gasteiger partial charge in [-0.05, 0) is 56.0 Å². The molecule has 0 unspecified atom stereocenters. The van der Waals surface area contributed by atoms with Crippen molar-refractivity contribution in [1.29, 1.82) is 0 Å². The molecule has 2 aromatic rings. The van der Waals surface area contributed by atoms with E-state index in [-0.39, 0.29) is 16.9 Å². The predicted octanol–water partition coefficient (Wildman–Crippen LogP) is 3.27. The normalized spacial score (nSPS) is 14.4. The number of para-hydroxylation sites is 1. The number of aryl methyl sites for hydroxylation is 1. The molecule has 29 heavy (non-hydrogen) atoms. The quantitative estimate of drug-likeness (QED) is 0.668. The fraction of sp³-hybridized carbons (Fsp3) is 0.286. The lowest BCUT2D eigenvalue weighted by Gasteiger charge is -2.32. The van der Waals surface area contributed by atoms with Gasteiger partial charge in [0, 0.05) is 36.2 Å². The van der Waals surface area contributed by atoms with Crippen molar-refractivity contribution in [2.45, 2.75) is 6.92 Å². The Labute approximate surface area is 184 Å². The van der Waals surface area contributed by atoms with E-state index in [2.05, 4.69) is 31.5 Å². The number of halogens is 1. The molecule has 0 radical (unpaired) electrons. The first kappa shape index (κ1) is 21.4. The van der Waals surface area contributed by atoms with E-state index in [9.17, 15) is 9.59 Å². The summed E-state index contributed by atoms with van der Waals surface area (Å²) >= 11 is 8.73. The molecule has 8 heteroatoms. The number of amides is 2. The van der Waals surface area contributed by atoms with Gasteiger partial charge in [0.1, 0.15) is 0 Å². The van der Waals surface area contributed by atoms with Gasteiger partial charge in [0.05, 0.1) is 11.3 Å². The molecule has 1 aliphatic heterocycles. The average Bonchev–Trinajstić information content (AvgIpc) is 2.70. The second kappa shape index (κ2) is 9.47. The van der Waals surface area contributed by atoms with Crippen LogP contribution in [0.4, 0.5) is 5.69 Å². The molecule has 1 aliphatic rings. The molecular formula is C21H23BrN4O2S. The van der Waals surface area contributed by atoms with Crippen LogP contribution in [-0.2, 0) is 0 Å². The zero-order valence-corrected chi connectivity index (χ0v) is 18.8. The Balaban J connectivity index is 1.68. The van der Waals surface area contributed by atoms with E-state index in [0.29, 0.717) is 29.9 Å². The van der Waals surface area contributed by atoms with Crippen LogP contribution in [0.3, 0.4) is 0 Å². The minimum Gasteiger partial charge on any atom is -0.336 e. The highest BCUT2D eigenvalue weighted by Gasteiger charge is 2.22. The van der Waals surface area contributed by atoms with Crippen LogP contribution in [0.5, 0.6) is 0 Å². The first-order valence-electron chi connectivity index (χ1n) is 9.30. The van der Waals surface area contributed by atoms with Crippen LogP contribution < -0.4 is 10.6 Å². The summed E-state index contributed by atoms with van der Waals surface area (Å²) in [5.41, 5.74) is 2.64. The molecule has 0 bridgehead atoms. The maximum absolute atomic E-state index is 13.0. The molecule has 0 aromatic heterocycles. The van der Waals surface area contributed by atoms with Gasteiger partial charge in [0.25, 0.3) is 11.8 Å². The van der Waals surface area contributed by atoms with Crippen molar-refractivity contribution in [3.63, 3.8) is 0 Å². The number of nitrogens with zero attached hydrogens (tertiary/aromatic N) is 2. The molecule has 0 atom stereocenters. The summed E-state index contributed by atoms with van der Waals surface area (Å²) in [7, 11) is 2.05. The van der Waals surface area contributed by atoms with Crippen molar-refractivity contribution in [1.82, 2.24) is 15.1 Å². The second-order valence-electron chi connectivity index (χ2n) is 7.01. The van der Waals surface area contributed by atoms with Crippen LogP contribution in [0.1, 0.15) is 26.3 Å². The first-order chi connectivity index (χ1) is 13.8. The standard InChI is InChI=1S/C21H23BrN4O2S/c1-14-7-8-15(13-17(14)22)19(27)24-21(29)23-18-6-4-3-5-16(18)20(28)26-11-9-25(2)10-12-26/h3-8,13H,9-12H2,1-2H3,(H2,23,24,27,29). The zero-order chi connectivity index (χ0) is 21.0. The summed E-state index contributed by atoms with van der Waals surface area (Å²) in [6.07, 6.45) is 0. The predicted molar refractivity (Wildman–Crippen MR) is 122 cm³/mol. The number of rotatable bonds is 3. The van der Waals surface area contributed by atoms with Crippen LogP contribution >= 0.6 is 28.1 Å². The van der Waals surface area contributed by atoms with Gasteiger partial charge in [-0.15, -0.1) is 0 Å². The fourth-order valence-electron chi connectivity index (χ4n) is 3.02. The summed E-state index contributed by atoms with van der Waals surface area (Å²) in [5, 5.41) is 5.81. The van der Waals surface area contributed by atoms with Crippen molar-refractivity contribution in [2.24, 2.45) is 0 Å². The Morgan fingerprint density at radius 1 is 1.07 bits per heavy atom. The van der Waals surface area contributed by atoms with Gasteiger partial charge < -0.3 is 15.1 Å². The number of benzene rings is 2. The lowest BCUT2D eigenvalue weighted by atomic mass is 10.1. The van der Waals surface area contributed by atoms with E-state index in [1.54, 1.807) is 24.3 Å². The number of thiocarbonyl (C=S) groups is 1. The summed E-state index contributed by atoms with van der Waals surface area (Å²) in [6.45, 7) is 5.02. The molecular weight excluding hydrogens is 452 g/mol. The van der Waals surface area contributed by atoms with Crippen LogP contribution in [-0.4, -0.2) is 60.0 Å². The van der Waals surface area contributed by atoms with E-state index >= 15 is 0 Å². The molecule has 1 saturated heterocycles. The van der Waals surface area contributed by atoms with E-state index in [0.717, 1.165) is 23.1 Å². The molecule has 6 nitrogen and oxygen atoms in total. The number of hydrogen-bond acceptors (Lipinski definition) is 4. The molecule has 2 N–H and O–H groups in total. The smallest absolute Gasteiger partial charge is 0.257 e. The molecule has 0 spiro atoms. The topological polar surface area (TPSA) is 64.7 Å². The molecule has 2 aromatic carbocycles. The highest BCUT2D eigenvalue weighted by atomic mass is 79.9. The monoisotopic (exact) mass is 474 g/mol. The third kappa shape index (κ3) is 5.41. The first-order valence-corrected chi connectivity index (χ1v) is 10.5. The largest absolute Gasteiger partial charge is 0.336 e. The number of nitrogens with one attached hydrogen (secondary N) is 2. The molecule has 2 amide bonds. The molecule has 0 aliphatic carbocycles. The summed E-state index contributed by atoms with van der Waals surface area (Å²) in [5.74, 6) is -0.358. The highest BCUT2D eigenvalue weighted by Crippen LogP contribution is 2.19. The van der Waals surface area contributed by atoms with Gasteiger partial charge in [0.15, 0.2) is 5.11 Å². The zero-order valence-electron chi connectivity index (χ0n) is 16.4. The molecule has 0 saturated carbocycles. The maximum atomic E-state index is 13.0.